The van der Waals surface area contributed by atoms with Crippen LogP contribution in [0, 0.1) is 6.92 Å². The Hall–Kier alpha value is -2.60. The van der Waals surface area contributed by atoms with Gasteiger partial charge in [0, 0.05) is 22.6 Å². The Labute approximate surface area is 131 Å². The van der Waals surface area contributed by atoms with Crippen molar-refractivity contribution < 1.29 is 14.1 Å². The fourth-order valence-electron chi connectivity index (χ4n) is 2.08. The van der Waals surface area contributed by atoms with Gasteiger partial charge in [0.05, 0.1) is 7.11 Å². The van der Waals surface area contributed by atoms with E-state index in [1.807, 2.05) is 29.8 Å². The van der Waals surface area contributed by atoms with Crippen LogP contribution >= 0.6 is 11.3 Å². The summed E-state index contributed by atoms with van der Waals surface area (Å²) in [6.07, 6.45) is 0. The fraction of sp³-hybridized carbons (Fsp3) is 0.125. The van der Waals surface area contributed by atoms with Gasteiger partial charge in [-0.05, 0) is 42.1 Å². The minimum Gasteiger partial charge on any atom is -0.497 e. The first-order valence-electron chi connectivity index (χ1n) is 6.62. The average Bonchev–Trinajstić information content (AvgIpc) is 3.17. The van der Waals surface area contributed by atoms with E-state index in [-0.39, 0.29) is 5.91 Å². The quantitative estimate of drug-likeness (QED) is 0.791. The van der Waals surface area contributed by atoms with E-state index < -0.39 is 0 Å². The van der Waals surface area contributed by atoms with Crippen molar-refractivity contribution in [3.05, 3.63) is 52.2 Å². The summed E-state index contributed by atoms with van der Waals surface area (Å²) in [6.45, 7) is 1.86. The van der Waals surface area contributed by atoms with Crippen LogP contribution in [-0.4, -0.2) is 18.2 Å². The Morgan fingerprint density at radius 2 is 2.18 bits per heavy atom. The maximum atomic E-state index is 12.3. The van der Waals surface area contributed by atoms with Crippen LogP contribution < -0.4 is 10.1 Å². The fourth-order valence-corrected chi connectivity index (χ4v) is 2.73. The second-order valence-corrected chi connectivity index (χ2v) is 5.50. The zero-order valence-electron chi connectivity index (χ0n) is 12.1. The van der Waals surface area contributed by atoms with Crippen molar-refractivity contribution in [1.29, 1.82) is 0 Å². The molecule has 0 aliphatic carbocycles. The molecule has 1 aromatic carbocycles. The molecule has 0 fully saturated rings. The van der Waals surface area contributed by atoms with Gasteiger partial charge in [-0.1, -0.05) is 5.16 Å². The summed E-state index contributed by atoms with van der Waals surface area (Å²) in [4.78, 5) is 12.3. The number of rotatable bonds is 4. The van der Waals surface area contributed by atoms with Gasteiger partial charge in [0.1, 0.15) is 11.4 Å². The third-order valence-electron chi connectivity index (χ3n) is 3.24. The van der Waals surface area contributed by atoms with Crippen molar-refractivity contribution in [2.75, 3.05) is 12.4 Å². The number of nitrogens with zero attached hydrogens (tertiary/aromatic N) is 1. The molecule has 112 valence electrons. The number of carbonyl (C=O) groups excluding carboxylic acids is 1. The van der Waals surface area contributed by atoms with Gasteiger partial charge in [-0.15, -0.1) is 0 Å². The smallest absolute Gasteiger partial charge is 0.258 e. The molecule has 0 unspecified atom stereocenters. The molecule has 2 heterocycles. The molecule has 2 aromatic heterocycles. The van der Waals surface area contributed by atoms with Gasteiger partial charge >= 0.3 is 0 Å². The molecule has 0 bridgehead atoms. The number of benzene rings is 1. The Balaban J connectivity index is 1.77. The first kappa shape index (κ1) is 14.3. The van der Waals surface area contributed by atoms with E-state index in [1.54, 1.807) is 36.6 Å². The highest BCUT2D eigenvalue weighted by atomic mass is 32.1. The maximum absolute atomic E-state index is 12.3. The van der Waals surface area contributed by atoms with Gasteiger partial charge in [0.25, 0.3) is 5.91 Å². The van der Waals surface area contributed by atoms with E-state index in [0.29, 0.717) is 22.9 Å². The van der Waals surface area contributed by atoms with Crippen LogP contribution in [0.4, 0.5) is 5.88 Å². The molecule has 0 aliphatic heterocycles. The van der Waals surface area contributed by atoms with Gasteiger partial charge < -0.3 is 9.26 Å². The molecule has 0 spiro atoms. The number of aryl methyl sites for hydroxylation is 1. The highest BCUT2D eigenvalue weighted by molar-refractivity contribution is 7.08. The lowest BCUT2D eigenvalue weighted by Gasteiger charge is -2.07. The number of hydrogen-bond acceptors (Lipinski definition) is 5. The topological polar surface area (TPSA) is 64.4 Å². The van der Waals surface area contributed by atoms with Crippen molar-refractivity contribution in [1.82, 2.24) is 5.16 Å². The molecule has 0 radical (unpaired) electrons. The molecule has 6 heteroatoms. The van der Waals surface area contributed by atoms with Crippen LogP contribution in [-0.2, 0) is 0 Å². The van der Waals surface area contributed by atoms with Crippen molar-refractivity contribution in [2.45, 2.75) is 6.92 Å². The van der Waals surface area contributed by atoms with E-state index >= 15 is 0 Å². The van der Waals surface area contributed by atoms with Gasteiger partial charge in [0.15, 0.2) is 0 Å². The molecule has 3 aromatic rings. The van der Waals surface area contributed by atoms with Gasteiger partial charge in [-0.25, -0.2) is 0 Å². The number of aromatic nitrogens is 1. The summed E-state index contributed by atoms with van der Waals surface area (Å²) >= 11 is 1.58. The van der Waals surface area contributed by atoms with Crippen LogP contribution in [0.2, 0.25) is 0 Å². The molecule has 1 N–H and O–H groups in total. The summed E-state index contributed by atoms with van der Waals surface area (Å²) in [5.41, 5.74) is 3.06. The number of methoxy groups -OCH3 is 1. The Bertz CT molecular complexity index is 794. The number of ether oxygens (including phenoxy) is 1. The summed E-state index contributed by atoms with van der Waals surface area (Å²) in [7, 11) is 1.59. The summed E-state index contributed by atoms with van der Waals surface area (Å²) in [5.74, 6) is 0.794. The maximum Gasteiger partial charge on any atom is 0.258 e. The Kier molecular flexibility index (Phi) is 3.93. The van der Waals surface area contributed by atoms with Gasteiger partial charge in [0.2, 0.25) is 5.88 Å². The first-order valence-corrected chi connectivity index (χ1v) is 7.57. The normalized spacial score (nSPS) is 10.5. The lowest BCUT2D eigenvalue weighted by Crippen LogP contribution is -2.12. The number of carbonyl (C=O) groups is 1. The van der Waals surface area contributed by atoms with Crippen molar-refractivity contribution in [3.63, 3.8) is 0 Å². The Morgan fingerprint density at radius 3 is 2.86 bits per heavy atom. The molecular weight excluding hydrogens is 300 g/mol. The summed E-state index contributed by atoms with van der Waals surface area (Å²) < 4.78 is 10.3. The predicted molar refractivity (Wildman–Crippen MR) is 85.5 cm³/mol. The highest BCUT2D eigenvalue weighted by Crippen LogP contribution is 2.24. The first-order chi connectivity index (χ1) is 10.7. The molecular formula is C16H14N2O3S. The summed E-state index contributed by atoms with van der Waals surface area (Å²) in [5, 5.41) is 10.6. The number of amides is 1. The molecule has 22 heavy (non-hydrogen) atoms. The van der Waals surface area contributed by atoms with Crippen molar-refractivity contribution in [2.24, 2.45) is 0 Å². The number of hydrogen-bond donors (Lipinski definition) is 1. The van der Waals surface area contributed by atoms with E-state index in [0.717, 1.165) is 11.1 Å². The largest absolute Gasteiger partial charge is 0.497 e. The lowest BCUT2D eigenvalue weighted by molar-refractivity contribution is 0.102. The van der Waals surface area contributed by atoms with E-state index in [4.69, 9.17) is 9.26 Å². The van der Waals surface area contributed by atoms with Crippen LogP contribution in [0.1, 0.15) is 15.9 Å². The molecule has 0 saturated carbocycles. The molecule has 0 atom stereocenters. The van der Waals surface area contributed by atoms with Crippen molar-refractivity contribution in [3.8, 4) is 17.0 Å². The minimum atomic E-state index is -0.242. The highest BCUT2D eigenvalue weighted by Gasteiger charge is 2.13. The Morgan fingerprint density at radius 1 is 1.32 bits per heavy atom. The van der Waals surface area contributed by atoms with Crippen LogP contribution in [0.25, 0.3) is 11.3 Å². The van der Waals surface area contributed by atoms with E-state index in [1.165, 1.54) is 0 Å². The predicted octanol–water partition coefficient (Wildman–Crippen LogP) is 3.97. The van der Waals surface area contributed by atoms with Gasteiger partial charge in [-0.2, -0.15) is 11.3 Å². The summed E-state index contributed by atoms with van der Waals surface area (Å²) in [6, 6.07) is 8.94. The van der Waals surface area contributed by atoms with Crippen LogP contribution in [0.15, 0.2) is 45.6 Å². The number of anilines is 1. The second-order valence-electron chi connectivity index (χ2n) is 4.72. The third-order valence-corrected chi connectivity index (χ3v) is 3.93. The number of nitrogens with one attached hydrogen (secondary N) is 1. The van der Waals surface area contributed by atoms with Gasteiger partial charge in [-0.3, -0.25) is 10.1 Å². The van der Waals surface area contributed by atoms with Crippen LogP contribution in [0.5, 0.6) is 5.75 Å². The van der Waals surface area contributed by atoms with Crippen LogP contribution in [0.3, 0.4) is 0 Å². The number of thiophene rings is 1. The molecule has 3 rings (SSSR count). The third kappa shape index (κ3) is 2.87. The van der Waals surface area contributed by atoms with E-state index in [2.05, 4.69) is 10.5 Å². The molecule has 0 aliphatic rings. The minimum absolute atomic E-state index is 0.242. The van der Waals surface area contributed by atoms with E-state index in [9.17, 15) is 4.79 Å². The van der Waals surface area contributed by atoms with Crippen molar-refractivity contribution >= 4 is 23.1 Å². The lowest BCUT2D eigenvalue weighted by atomic mass is 10.1. The molecule has 5 nitrogen and oxygen atoms in total. The average molecular weight is 314 g/mol. The monoisotopic (exact) mass is 314 g/mol. The SMILES string of the molecule is COc1ccc(C(=O)Nc2cc(-c3ccsc3)no2)c(C)c1. The standard InChI is InChI=1S/C16H14N2O3S/c1-10-7-12(20-2)3-4-13(10)16(19)17-15-8-14(18-21-15)11-5-6-22-9-11/h3-9H,1-2H3,(H,17,19). The zero-order chi connectivity index (χ0) is 15.5. The second kappa shape index (κ2) is 6.03. The zero-order valence-corrected chi connectivity index (χ0v) is 12.9. The molecule has 1 amide bonds. The molecule has 0 saturated heterocycles.